The van der Waals surface area contributed by atoms with Crippen LogP contribution in [0.4, 0.5) is 11.4 Å². The Morgan fingerprint density at radius 2 is 1.82 bits per heavy atom. The van der Waals surface area contributed by atoms with Crippen LogP contribution in [0.1, 0.15) is 5.56 Å². The molecule has 0 aliphatic carbocycles. The third-order valence-corrected chi connectivity index (χ3v) is 2.84. The van der Waals surface area contributed by atoms with Crippen molar-refractivity contribution in [2.24, 2.45) is 5.10 Å². The second kappa shape index (κ2) is 7.07. The van der Waals surface area contributed by atoms with E-state index in [0.717, 1.165) is 5.56 Å². The van der Waals surface area contributed by atoms with Crippen molar-refractivity contribution in [2.75, 3.05) is 19.6 Å². The molecule has 0 unspecified atom stereocenters. The van der Waals surface area contributed by atoms with Crippen molar-refractivity contribution in [3.05, 3.63) is 58.1 Å². The molecule has 0 spiro atoms. The van der Waals surface area contributed by atoms with Crippen LogP contribution in [0.2, 0.25) is 0 Å². The lowest BCUT2D eigenvalue weighted by atomic mass is 10.2. The average molecular weight is 301 g/mol. The number of methoxy groups -OCH3 is 2. The molecule has 7 nitrogen and oxygen atoms in total. The van der Waals surface area contributed by atoms with Gasteiger partial charge in [-0.3, -0.25) is 15.5 Å². The van der Waals surface area contributed by atoms with Crippen LogP contribution in [0.3, 0.4) is 0 Å². The molecule has 0 saturated carbocycles. The quantitative estimate of drug-likeness (QED) is 0.503. The normalized spacial score (nSPS) is 10.5. The summed E-state index contributed by atoms with van der Waals surface area (Å²) in [5.74, 6) is 1.30. The Bertz CT molecular complexity index is 679. The van der Waals surface area contributed by atoms with E-state index in [4.69, 9.17) is 9.47 Å². The highest BCUT2D eigenvalue weighted by Crippen LogP contribution is 2.21. The molecule has 0 bridgehead atoms. The maximum absolute atomic E-state index is 10.7. The maximum Gasteiger partial charge on any atom is 0.271 e. The van der Waals surface area contributed by atoms with Crippen molar-refractivity contribution in [3.8, 4) is 11.5 Å². The van der Waals surface area contributed by atoms with Crippen LogP contribution >= 0.6 is 0 Å². The summed E-state index contributed by atoms with van der Waals surface area (Å²) < 4.78 is 10.3. The van der Waals surface area contributed by atoms with Crippen LogP contribution in [0.15, 0.2) is 47.6 Å². The van der Waals surface area contributed by atoms with Crippen molar-refractivity contribution in [1.82, 2.24) is 0 Å². The van der Waals surface area contributed by atoms with Crippen molar-refractivity contribution >= 4 is 17.6 Å². The van der Waals surface area contributed by atoms with Crippen molar-refractivity contribution in [3.63, 3.8) is 0 Å². The van der Waals surface area contributed by atoms with Gasteiger partial charge in [0.15, 0.2) is 0 Å². The van der Waals surface area contributed by atoms with Gasteiger partial charge < -0.3 is 9.47 Å². The molecule has 2 rings (SSSR count). The highest BCUT2D eigenvalue weighted by atomic mass is 16.6. The first-order valence-electron chi connectivity index (χ1n) is 6.39. The zero-order valence-corrected chi connectivity index (χ0v) is 12.1. The Kier molecular flexibility index (Phi) is 4.92. The van der Waals surface area contributed by atoms with Gasteiger partial charge in [0.2, 0.25) is 0 Å². The minimum atomic E-state index is -0.457. The fourth-order valence-corrected chi connectivity index (χ4v) is 1.77. The van der Waals surface area contributed by atoms with Crippen LogP contribution in [0, 0.1) is 10.1 Å². The van der Waals surface area contributed by atoms with E-state index in [2.05, 4.69) is 10.5 Å². The molecule has 0 aliphatic rings. The van der Waals surface area contributed by atoms with E-state index in [1.165, 1.54) is 12.1 Å². The molecule has 2 aromatic carbocycles. The number of ether oxygens (including phenoxy) is 2. The lowest BCUT2D eigenvalue weighted by Crippen LogP contribution is -1.94. The Balaban J connectivity index is 2.12. The number of hydrogen-bond acceptors (Lipinski definition) is 6. The molecule has 0 aliphatic heterocycles. The molecule has 0 heterocycles. The Hall–Kier alpha value is -3.09. The molecule has 0 amide bonds. The third-order valence-electron chi connectivity index (χ3n) is 2.84. The number of rotatable bonds is 6. The van der Waals surface area contributed by atoms with Crippen molar-refractivity contribution < 1.29 is 14.4 Å². The summed E-state index contributed by atoms with van der Waals surface area (Å²) in [4.78, 5) is 10.2. The first kappa shape index (κ1) is 15.3. The number of benzene rings is 2. The molecule has 22 heavy (non-hydrogen) atoms. The Morgan fingerprint density at radius 1 is 1.14 bits per heavy atom. The SMILES string of the molecule is COc1cc(C=NNc2cccc([N+](=O)[O-])c2)cc(OC)c1. The number of hydrogen-bond donors (Lipinski definition) is 1. The average Bonchev–Trinajstić information content (AvgIpc) is 2.54. The number of nitro benzene ring substituents is 1. The predicted octanol–water partition coefficient (Wildman–Crippen LogP) is 3.06. The fraction of sp³-hybridized carbons (Fsp3) is 0.133. The van der Waals surface area contributed by atoms with E-state index >= 15 is 0 Å². The molecule has 114 valence electrons. The second-order valence-electron chi connectivity index (χ2n) is 4.32. The Labute approximate surface area is 127 Å². The number of hydrazone groups is 1. The number of anilines is 1. The smallest absolute Gasteiger partial charge is 0.271 e. The lowest BCUT2D eigenvalue weighted by Gasteiger charge is -2.05. The summed E-state index contributed by atoms with van der Waals surface area (Å²) in [6, 6.07) is 11.4. The van der Waals surface area contributed by atoms with Gasteiger partial charge in [0.05, 0.1) is 31.0 Å². The van der Waals surface area contributed by atoms with E-state index in [-0.39, 0.29) is 5.69 Å². The van der Waals surface area contributed by atoms with E-state index < -0.39 is 4.92 Å². The molecule has 7 heteroatoms. The highest BCUT2D eigenvalue weighted by molar-refractivity contribution is 5.81. The van der Waals surface area contributed by atoms with Crippen LogP contribution in [-0.4, -0.2) is 25.4 Å². The van der Waals surface area contributed by atoms with Gasteiger partial charge in [0.25, 0.3) is 5.69 Å². The minimum absolute atomic E-state index is 0.00301. The number of nitrogens with zero attached hydrogens (tertiary/aromatic N) is 2. The first-order chi connectivity index (χ1) is 10.6. The molecule has 0 atom stereocenters. The van der Waals surface area contributed by atoms with Gasteiger partial charge >= 0.3 is 0 Å². The van der Waals surface area contributed by atoms with E-state index in [9.17, 15) is 10.1 Å². The van der Waals surface area contributed by atoms with Gasteiger partial charge in [0, 0.05) is 23.8 Å². The topological polar surface area (TPSA) is 86.0 Å². The van der Waals surface area contributed by atoms with Crippen LogP contribution in [0.25, 0.3) is 0 Å². The summed E-state index contributed by atoms with van der Waals surface area (Å²) in [7, 11) is 3.13. The minimum Gasteiger partial charge on any atom is -0.497 e. The summed E-state index contributed by atoms with van der Waals surface area (Å²) in [5, 5.41) is 14.8. The molecule has 0 fully saturated rings. The van der Waals surface area contributed by atoms with Crippen molar-refractivity contribution in [1.29, 1.82) is 0 Å². The predicted molar refractivity (Wildman–Crippen MR) is 83.9 cm³/mol. The van der Waals surface area contributed by atoms with Gasteiger partial charge in [-0.05, 0) is 18.2 Å². The second-order valence-corrected chi connectivity index (χ2v) is 4.32. The first-order valence-corrected chi connectivity index (χ1v) is 6.39. The van der Waals surface area contributed by atoms with Gasteiger partial charge in [-0.1, -0.05) is 6.07 Å². The highest BCUT2D eigenvalue weighted by Gasteiger charge is 2.04. The molecule has 0 aromatic heterocycles. The summed E-state index contributed by atoms with van der Waals surface area (Å²) >= 11 is 0. The zero-order valence-electron chi connectivity index (χ0n) is 12.1. The number of nitrogens with one attached hydrogen (secondary N) is 1. The number of non-ortho nitro benzene ring substituents is 1. The molecule has 2 aromatic rings. The molecule has 0 saturated heterocycles. The molecule has 1 N–H and O–H groups in total. The fourth-order valence-electron chi connectivity index (χ4n) is 1.77. The third kappa shape index (κ3) is 3.95. The molecular formula is C15H15N3O4. The standard InChI is InChI=1S/C15H15N3O4/c1-21-14-6-11(7-15(9-14)22-2)10-16-17-12-4-3-5-13(8-12)18(19)20/h3-10,17H,1-2H3. The van der Waals surface area contributed by atoms with Gasteiger partial charge in [-0.25, -0.2) is 0 Å². The monoisotopic (exact) mass is 301 g/mol. The number of nitro groups is 1. The summed E-state index contributed by atoms with van der Waals surface area (Å²) in [6.45, 7) is 0. The molecule has 0 radical (unpaired) electrons. The maximum atomic E-state index is 10.7. The van der Waals surface area contributed by atoms with E-state index in [0.29, 0.717) is 17.2 Å². The van der Waals surface area contributed by atoms with Crippen molar-refractivity contribution in [2.45, 2.75) is 0 Å². The van der Waals surface area contributed by atoms with Crippen LogP contribution in [0.5, 0.6) is 11.5 Å². The lowest BCUT2D eigenvalue weighted by molar-refractivity contribution is -0.384. The molecular weight excluding hydrogens is 286 g/mol. The van der Waals surface area contributed by atoms with Crippen LogP contribution < -0.4 is 14.9 Å². The zero-order chi connectivity index (χ0) is 15.9. The van der Waals surface area contributed by atoms with E-state index in [1.54, 1.807) is 50.8 Å². The van der Waals surface area contributed by atoms with Gasteiger partial charge in [-0.15, -0.1) is 0 Å². The van der Waals surface area contributed by atoms with Gasteiger partial charge in [0.1, 0.15) is 11.5 Å². The van der Waals surface area contributed by atoms with Gasteiger partial charge in [-0.2, -0.15) is 5.10 Å². The summed E-state index contributed by atoms with van der Waals surface area (Å²) in [5.41, 5.74) is 4.05. The van der Waals surface area contributed by atoms with E-state index in [1.807, 2.05) is 0 Å². The summed E-state index contributed by atoms with van der Waals surface area (Å²) in [6.07, 6.45) is 1.57. The van der Waals surface area contributed by atoms with Crippen LogP contribution in [-0.2, 0) is 0 Å². The largest absolute Gasteiger partial charge is 0.497 e. The Morgan fingerprint density at radius 3 is 2.41 bits per heavy atom.